The monoisotopic (exact) mass is 363 g/mol. The van der Waals surface area contributed by atoms with Crippen LogP contribution < -0.4 is 5.73 Å². The molecule has 1 aromatic carbocycles. The summed E-state index contributed by atoms with van der Waals surface area (Å²) in [5.74, 6) is 0.438. The molecule has 3 nitrogen and oxygen atoms in total. The molecule has 0 saturated heterocycles. The topological polar surface area (TPSA) is 59.4 Å². The zero-order chi connectivity index (χ0) is 15.6. The summed E-state index contributed by atoms with van der Waals surface area (Å²) in [6.45, 7) is -0.122. The fourth-order valence-corrected chi connectivity index (χ4v) is 2.31. The van der Waals surface area contributed by atoms with Crippen LogP contribution in [0.5, 0.6) is 0 Å². The summed E-state index contributed by atoms with van der Waals surface area (Å²) < 4.78 is 45.0. The zero-order valence-corrected chi connectivity index (χ0v) is 12.4. The summed E-state index contributed by atoms with van der Waals surface area (Å²) >= 11 is 3.03. The number of aliphatic hydroxyl groups is 1. The van der Waals surface area contributed by atoms with E-state index in [9.17, 15) is 13.2 Å². The number of halogens is 4. The van der Waals surface area contributed by atoms with Crippen molar-refractivity contribution in [3.63, 3.8) is 0 Å². The first kappa shape index (κ1) is 16.1. The van der Waals surface area contributed by atoms with E-state index >= 15 is 0 Å². The molecule has 0 radical (unpaired) electrons. The number of benzene rings is 1. The molecule has 114 valence electrons. The van der Waals surface area contributed by atoms with Crippen LogP contribution in [0.15, 0.2) is 39.2 Å². The number of aliphatic hydroxyl groups excluding tert-OH is 1. The van der Waals surface area contributed by atoms with Crippen molar-refractivity contribution in [3.05, 3.63) is 46.1 Å². The average molecular weight is 364 g/mol. The Morgan fingerprint density at radius 2 is 1.95 bits per heavy atom. The van der Waals surface area contributed by atoms with Crippen molar-refractivity contribution in [2.45, 2.75) is 18.6 Å². The summed E-state index contributed by atoms with van der Waals surface area (Å²) in [7, 11) is 0. The molecule has 1 unspecified atom stereocenters. The second-order valence-corrected chi connectivity index (χ2v) is 5.42. The molecular weight excluding hydrogens is 351 g/mol. The van der Waals surface area contributed by atoms with E-state index < -0.39 is 17.8 Å². The molecule has 0 aliphatic heterocycles. The summed E-state index contributed by atoms with van der Waals surface area (Å²) in [5.41, 5.74) is 4.93. The molecule has 0 saturated carbocycles. The summed E-state index contributed by atoms with van der Waals surface area (Å²) in [5, 5.41) is 8.83. The Morgan fingerprint density at radius 3 is 2.57 bits per heavy atom. The van der Waals surface area contributed by atoms with E-state index in [1.165, 1.54) is 24.3 Å². The highest BCUT2D eigenvalue weighted by molar-refractivity contribution is 9.10. The van der Waals surface area contributed by atoms with E-state index in [-0.39, 0.29) is 24.4 Å². The first-order chi connectivity index (χ1) is 9.82. The van der Waals surface area contributed by atoms with Crippen LogP contribution in [-0.2, 0) is 6.18 Å². The highest BCUT2D eigenvalue weighted by Crippen LogP contribution is 2.39. The minimum Gasteiger partial charge on any atom is -0.459 e. The van der Waals surface area contributed by atoms with E-state index in [0.717, 1.165) is 6.07 Å². The molecule has 0 spiro atoms. The third kappa shape index (κ3) is 3.66. The van der Waals surface area contributed by atoms with Crippen LogP contribution in [0.1, 0.15) is 23.8 Å². The number of hydrogen-bond acceptors (Lipinski definition) is 3. The zero-order valence-electron chi connectivity index (χ0n) is 10.8. The van der Waals surface area contributed by atoms with Crippen LogP contribution >= 0.6 is 15.9 Å². The second-order valence-electron chi connectivity index (χ2n) is 4.51. The van der Waals surface area contributed by atoms with E-state index in [4.69, 9.17) is 15.3 Å². The van der Waals surface area contributed by atoms with Gasteiger partial charge in [-0.15, -0.1) is 0 Å². The molecular formula is C14H13BrF3NO2. The lowest BCUT2D eigenvalue weighted by Crippen LogP contribution is -2.10. The van der Waals surface area contributed by atoms with Gasteiger partial charge < -0.3 is 15.3 Å². The molecule has 0 aliphatic carbocycles. The highest BCUT2D eigenvalue weighted by Gasteiger charge is 2.34. The average Bonchev–Trinajstić information content (AvgIpc) is 2.87. The van der Waals surface area contributed by atoms with Crippen LogP contribution in [-0.4, -0.2) is 11.7 Å². The van der Waals surface area contributed by atoms with E-state index in [1.54, 1.807) is 0 Å². The van der Waals surface area contributed by atoms with Gasteiger partial charge in [-0.25, -0.2) is 0 Å². The molecule has 2 rings (SSSR count). The van der Waals surface area contributed by atoms with E-state index in [1.807, 2.05) is 0 Å². The predicted octanol–water partition coefficient (Wildman–Crippen LogP) is 4.11. The molecule has 0 aliphatic rings. The van der Waals surface area contributed by atoms with Crippen LogP contribution in [0.4, 0.5) is 13.2 Å². The Morgan fingerprint density at radius 1 is 1.24 bits per heavy atom. The lowest BCUT2D eigenvalue weighted by atomic mass is 10.1. The molecule has 3 N–H and O–H groups in total. The SMILES string of the molecule is NC(CCO)c1ccc(-c2ccc(Br)cc2C(F)(F)F)o1. The first-order valence-electron chi connectivity index (χ1n) is 6.16. The number of furan rings is 1. The maximum Gasteiger partial charge on any atom is 0.417 e. The van der Waals surface area contributed by atoms with Crippen LogP contribution in [0, 0.1) is 0 Å². The highest BCUT2D eigenvalue weighted by atomic mass is 79.9. The van der Waals surface area contributed by atoms with E-state index in [2.05, 4.69) is 15.9 Å². The van der Waals surface area contributed by atoms with Crippen molar-refractivity contribution >= 4 is 15.9 Å². The molecule has 21 heavy (non-hydrogen) atoms. The predicted molar refractivity (Wildman–Crippen MR) is 75.5 cm³/mol. The maximum absolute atomic E-state index is 13.1. The molecule has 1 aromatic heterocycles. The number of hydrogen-bond donors (Lipinski definition) is 2. The summed E-state index contributed by atoms with van der Waals surface area (Å²) in [6.07, 6.45) is -4.21. The third-order valence-electron chi connectivity index (χ3n) is 2.98. The van der Waals surface area contributed by atoms with Gasteiger partial charge in [-0.05, 0) is 36.8 Å². The standard InChI is InChI=1S/C14H13BrF3NO2/c15-8-1-2-9(10(7-8)14(16,17)18)12-3-4-13(21-12)11(19)5-6-20/h1-4,7,11,20H,5-6,19H2. The van der Waals surface area contributed by atoms with Gasteiger partial charge in [-0.3, -0.25) is 0 Å². The van der Waals surface area contributed by atoms with Crippen molar-refractivity contribution < 1.29 is 22.7 Å². The van der Waals surface area contributed by atoms with Gasteiger partial charge in [0.05, 0.1) is 11.6 Å². The van der Waals surface area contributed by atoms with Gasteiger partial charge in [-0.1, -0.05) is 15.9 Å². The molecule has 0 fully saturated rings. The minimum atomic E-state index is -4.49. The van der Waals surface area contributed by atoms with Crippen molar-refractivity contribution in [2.75, 3.05) is 6.61 Å². The van der Waals surface area contributed by atoms with Gasteiger partial charge >= 0.3 is 6.18 Å². The maximum atomic E-state index is 13.1. The molecule has 0 amide bonds. The Labute approximate surface area is 127 Å². The number of rotatable bonds is 4. The van der Waals surface area contributed by atoms with Gasteiger partial charge in [0.15, 0.2) is 0 Å². The fourth-order valence-electron chi connectivity index (χ4n) is 1.94. The normalized spacial score (nSPS) is 13.4. The second kappa shape index (κ2) is 6.21. The van der Waals surface area contributed by atoms with Gasteiger partial charge in [0.2, 0.25) is 0 Å². The van der Waals surface area contributed by atoms with Gasteiger partial charge in [0, 0.05) is 16.6 Å². The number of nitrogens with two attached hydrogens (primary N) is 1. The Kier molecular flexibility index (Phi) is 4.75. The molecule has 1 heterocycles. The van der Waals surface area contributed by atoms with Crippen molar-refractivity contribution in [3.8, 4) is 11.3 Å². The molecule has 2 aromatic rings. The third-order valence-corrected chi connectivity index (χ3v) is 3.48. The summed E-state index contributed by atoms with van der Waals surface area (Å²) in [6, 6.07) is 6.29. The Bertz CT molecular complexity index is 625. The smallest absolute Gasteiger partial charge is 0.417 e. The molecule has 7 heteroatoms. The lowest BCUT2D eigenvalue weighted by molar-refractivity contribution is -0.137. The van der Waals surface area contributed by atoms with Crippen LogP contribution in [0.2, 0.25) is 0 Å². The largest absolute Gasteiger partial charge is 0.459 e. The van der Waals surface area contributed by atoms with Gasteiger partial charge in [0.25, 0.3) is 0 Å². The Hall–Kier alpha value is -1.31. The first-order valence-corrected chi connectivity index (χ1v) is 6.95. The number of alkyl halides is 3. The fraction of sp³-hybridized carbons (Fsp3) is 0.286. The van der Waals surface area contributed by atoms with Gasteiger partial charge in [-0.2, -0.15) is 13.2 Å². The quantitative estimate of drug-likeness (QED) is 0.859. The lowest BCUT2D eigenvalue weighted by Gasteiger charge is -2.12. The van der Waals surface area contributed by atoms with Gasteiger partial charge in [0.1, 0.15) is 11.5 Å². The molecule has 0 bridgehead atoms. The molecule has 1 atom stereocenters. The van der Waals surface area contributed by atoms with Crippen molar-refractivity contribution in [2.24, 2.45) is 5.73 Å². The van der Waals surface area contributed by atoms with E-state index in [0.29, 0.717) is 10.2 Å². The summed E-state index contributed by atoms with van der Waals surface area (Å²) in [4.78, 5) is 0. The van der Waals surface area contributed by atoms with Crippen LogP contribution in [0.25, 0.3) is 11.3 Å². The van der Waals surface area contributed by atoms with Crippen LogP contribution in [0.3, 0.4) is 0 Å². The Balaban J connectivity index is 2.43. The van der Waals surface area contributed by atoms with Crippen molar-refractivity contribution in [1.82, 2.24) is 0 Å². The minimum absolute atomic E-state index is 0.0480. The van der Waals surface area contributed by atoms with Crippen molar-refractivity contribution in [1.29, 1.82) is 0 Å².